The summed E-state index contributed by atoms with van der Waals surface area (Å²) in [7, 11) is 1.44. The second-order valence-electron chi connectivity index (χ2n) is 4.00. The first-order valence-electron chi connectivity index (χ1n) is 5.55. The van der Waals surface area contributed by atoms with Crippen LogP contribution in [0.4, 0.5) is 0 Å². The molecular formula is C13H16O2S. The molecule has 1 aromatic rings. The first-order valence-corrected chi connectivity index (χ1v) is 6.59. The van der Waals surface area contributed by atoms with E-state index in [-0.39, 0.29) is 5.97 Å². The van der Waals surface area contributed by atoms with Crippen molar-refractivity contribution in [1.29, 1.82) is 0 Å². The summed E-state index contributed by atoms with van der Waals surface area (Å²) in [5, 5.41) is 0.641. The number of ether oxygens (including phenoxy) is 1. The van der Waals surface area contributed by atoms with Gasteiger partial charge >= 0.3 is 5.97 Å². The fourth-order valence-corrected chi connectivity index (χ4v) is 3.26. The summed E-state index contributed by atoms with van der Waals surface area (Å²) >= 11 is 1.88. The minimum absolute atomic E-state index is 0.108. The van der Waals surface area contributed by atoms with Crippen LogP contribution in [-0.4, -0.2) is 24.1 Å². The Labute approximate surface area is 100 Å². The van der Waals surface area contributed by atoms with Crippen LogP contribution in [0.3, 0.4) is 0 Å². The molecule has 0 atom stereocenters. The molecule has 0 heterocycles. The molecule has 0 aliphatic heterocycles. The number of hydrogen-bond acceptors (Lipinski definition) is 3. The van der Waals surface area contributed by atoms with Gasteiger partial charge in [0.25, 0.3) is 0 Å². The molecule has 0 unspecified atom stereocenters. The van der Waals surface area contributed by atoms with Crippen molar-refractivity contribution in [3.8, 4) is 0 Å². The second-order valence-corrected chi connectivity index (χ2v) is 5.40. The van der Waals surface area contributed by atoms with Gasteiger partial charge in [-0.3, -0.25) is 4.79 Å². The quantitative estimate of drug-likeness (QED) is 0.751. The lowest BCUT2D eigenvalue weighted by Gasteiger charge is -2.07. The Bertz CT molecular complexity index is 351. The van der Waals surface area contributed by atoms with Crippen molar-refractivity contribution < 1.29 is 9.53 Å². The molecule has 0 aromatic heterocycles. The number of methoxy groups -OCH3 is 1. The summed E-state index contributed by atoms with van der Waals surface area (Å²) in [5.74, 6) is 0.758. The minimum atomic E-state index is -0.108. The number of esters is 1. The number of hydrogen-bond donors (Lipinski definition) is 0. The molecule has 2 nitrogen and oxygen atoms in total. The largest absolute Gasteiger partial charge is 0.469 e. The van der Waals surface area contributed by atoms with E-state index in [9.17, 15) is 4.79 Å². The van der Waals surface area contributed by atoms with Crippen LogP contribution in [0.15, 0.2) is 24.3 Å². The molecule has 16 heavy (non-hydrogen) atoms. The van der Waals surface area contributed by atoms with Gasteiger partial charge in [-0.15, -0.1) is 0 Å². The molecule has 1 aliphatic carbocycles. The summed E-state index contributed by atoms with van der Waals surface area (Å²) in [4.78, 5) is 11.0. The Hall–Kier alpha value is -0.960. The van der Waals surface area contributed by atoms with Crippen molar-refractivity contribution in [3.63, 3.8) is 0 Å². The maximum atomic E-state index is 11.0. The van der Waals surface area contributed by atoms with E-state index in [4.69, 9.17) is 0 Å². The molecular weight excluding hydrogens is 220 g/mol. The van der Waals surface area contributed by atoms with Crippen LogP contribution in [0.25, 0.3) is 0 Å². The highest BCUT2D eigenvalue weighted by atomic mass is 32.2. The van der Waals surface area contributed by atoms with Gasteiger partial charge in [0.15, 0.2) is 0 Å². The Balaban J connectivity index is 1.77. The van der Waals surface area contributed by atoms with E-state index in [1.54, 1.807) is 0 Å². The van der Waals surface area contributed by atoms with E-state index >= 15 is 0 Å². The molecule has 1 aromatic carbocycles. The Morgan fingerprint density at radius 3 is 2.56 bits per heavy atom. The lowest BCUT2D eigenvalue weighted by atomic mass is 10.1. The van der Waals surface area contributed by atoms with E-state index in [0.717, 1.165) is 18.6 Å². The number of benzene rings is 1. The summed E-state index contributed by atoms with van der Waals surface area (Å²) in [6.07, 6.45) is 2.80. The van der Waals surface area contributed by atoms with Gasteiger partial charge in [0.2, 0.25) is 0 Å². The molecule has 2 rings (SSSR count). The third-order valence-electron chi connectivity index (χ3n) is 2.90. The molecule has 0 fully saturated rings. The van der Waals surface area contributed by atoms with Gasteiger partial charge in [0.05, 0.1) is 13.5 Å². The van der Waals surface area contributed by atoms with Crippen molar-refractivity contribution in [2.75, 3.05) is 12.9 Å². The Kier molecular flexibility index (Phi) is 3.88. The van der Waals surface area contributed by atoms with E-state index in [0.29, 0.717) is 11.7 Å². The van der Waals surface area contributed by atoms with Crippen molar-refractivity contribution >= 4 is 17.7 Å². The van der Waals surface area contributed by atoms with Crippen LogP contribution < -0.4 is 0 Å². The fourth-order valence-electron chi connectivity index (χ4n) is 2.05. The predicted molar refractivity (Wildman–Crippen MR) is 66.7 cm³/mol. The summed E-state index contributed by atoms with van der Waals surface area (Å²) < 4.78 is 4.62. The van der Waals surface area contributed by atoms with Gasteiger partial charge in [-0.2, -0.15) is 11.8 Å². The first-order chi connectivity index (χ1) is 7.79. The molecule has 0 saturated heterocycles. The van der Waals surface area contributed by atoms with E-state index in [2.05, 4.69) is 29.0 Å². The van der Waals surface area contributed by atoms with Crippen molar-refractivity contribution in [1.82, 2.24) is 0 Å². The Morgan fingerprint density at radius 2 is 2.00 bits per heavy atom. The fraction of sp³-hybridized carbons (Fsp3) is 0.462. The smallest absolute Gasteiger partial charge is 0.306 e. The van der Waals surface area contributed by atoms with E-state index in [1.807, 2.05) is 11.8 Å². The average molecular weight is 236 g/mol. The molecule has 86 valence electrons. The summed E-state index contributed by atoms with van der Waals surface area (Å²) in [6, 6.07) is 8.60. The van der Waals surface area contributed by atoms with Crippen molar-refractivity contribution in [2.24, 2.45) is 0 Å². The monoisotopic (exact) mass is 236 g/mol. The number of rotatable bonds is 4. The highest BCUT2D eigenvalue weighted by Crippen LogP contribution is 2.30. The van der Waals surface area contributed by atoms with Crippen molar-refractivity contribution in [3.05, 3.63) is 35.4 Å². The van der Waals surface area contributed by atoms with Gasteiger partial charge in [0.1, 0.15) is 0 Å². The van der Waals surface area contributed by atoms with Gasteiger partial charge in [-0.05, 0) is 24.0 Å². The molecule has 0 N–H and O–H groups in total. The van der Waals surface area contributed by atoms with Gasteiger partial charge in [0, 0.05) is 11.0 Å². The third kappa shape index (κ3) is 2.79. The molecule has 0 spiro atoms. The average Bonchev–Trinajstić information content (AvgIpc) is 2.71. The first kappa shape index (κ1) is 11.5. The molecule has 0 bridgehead atoms. The zero-order chi connectivity index (χ0) is 11.4. The lowest BCUT2D eigenvalue weighted by Crippen LogP contribution is -2.06. The summed E-state index contributed by atoms with van der Waals surface area (Å²) in [5.41, 5.74) is 2.94. The zero-order valence-corrected chi connectivity index (χ0v) is 10.3. The molecule has 0 saturated carbocycles. The van der Waals surface area contributed by atoms with Crippen LogP contribution in [0.2, 0.25) is 0 Å². The third-order valence-corrected chi connectivity index (χ3v) is 4.15. The van der Waals surface area contributed by atoms with Crippen LogP contribution in [0.1, 0.15) is 17.5 Å². The number of fused-ring (bicyclic) bond motifs is 1. The topological polar surface area (TPSA) is 26.3 Å². The number of thioether (sulfide) groups is 1. The maximum Gasteiger partial charge on any atom is 0.306 e. The second kappa shape index (κ2) is 5.39. The SMILES string of the molecule is COC(=O)CCSC1Cc2ccccc2C1. The maximum absolute atomic E-state index is 11.0. The molecule has 1 aliphatic rings. The standard InChI is InChI=1S/C13H16O2S/c1-15-13(14)6-7-16-12-8-10-4-2-3-5-11(10)9-12/h2-5,12H,6-9H2,1H3. The zero-order valence-electron chi connectivity index (χ0n) is 9.44. The molecule has 0 radical (unpaired) electrons. The minimum Gasteiger partial charge on any atom is -0.469 e. The van der Waals surface area contributed by atoms with Gasteiger partial charge < -0.3 is 4.74 Å². The normalized spacial score (nSPS) is 14.8. The van der Waals surface area contributed by atoms with Gasteiger partial charge in [-0.25, -0.2) is 0 Å². The lowest BCUT2D eigenvalue weighted by molar-refractivity contribution is -0.140. The summed E-state index contributed by atoms with van der Waals surface area (Å²) in [6.45, 7) is 0. The van der Waals surface area contributed by atoms with E-state index in [1.165, 1.54) is 18.2 Å². The van der Waals surface area contributed by atoms with Crippen LogP contribution in [0.5, 0.6) is 0 Å². The number of carbonyl (C=O) groups excluding carboxylic acids is 1. The van der Waals surface area contributed by atoms with Gasteiger partial charge in [-0.1, -0.05) is 24.3 Å². The van der Waals surface area contributed by atoms with Crippen LogP contribution >= 0.6 is 11.8 Å². The number of carbonyl (C=O) groups is 1. The van der Waals surface area contributed by atoms with E-state index < -0.39 is 0 Å². The highest BCUT2D eigenvalue weighted by molar-refractivity contribution is 7.99. The predicted octanol–water partition coefficient (Wildman–Crippen LogP) is 2.45. The Morgan fingerprint density at radius 1 is 1.38 bits per heavy atom. The molecule has 0 amide bonds. The highest BCUT2D eigenvalue weighted by Gasteiger charge is 2.21. The van der Waals surface area contributed by atoms with Crippen LogP contribution in [-0.2, 0) is 22.4 Å². The van der Waals surface area contributed by atoms with Crippen LogP contribution in [0, 0.1) is 0 Å². The molecule has 3 heteroatoms. The van der Waals surface area contributed by atoms with Crippen molar-refractivity contribution in [2.45, 2.75) is 24.5 Å².